The van der Waals surface area contributed by atoms with Crippen LogP contribution in [0.25, 0.3) is 0 Å². The molecular weight excluding hydrogens is 2070 g/mol. The van der Waals surface area contributed by atoms with Crippen LogP contribution in [0.2, 0.25) is 0 Å². The maximum atomic E-state index is 13.0. The van der Waals surface area contributed by atoms with Crippen molar-refractivity contribution < 1.29 is 261 Å². The molecule has 0 amide bonds. The summed E-state index contributed by atoms with van der Waals surface area (Å²) in [4.78, 5) is 0. The molecule has 760 valence electrons. The molecule has 4 saturated carbocycles. The first kappa shape index (κ1) is 111. The fraction of sp³-hybridized carbons (Fsp3) is 0.963. The summed E-state index contributed by atoms with van der Waals surface area (Å²) in [5, 5.41) is 7.62. The number of aromatic nitrogens is 3. The van der Waals surface area contributed by atoms with Crippen LogP contribution in [-0.2, 0) is 234 Å². The van der Waals surface area contributed by atoms with E-state index in [9.17, 15) is 169 Å². The Bertz CT molecular complexity index is 5720. The van der Waals surface area contributed by atoms with E-state index in [1.807, 2.05) is 0 Å². The van der Waals surface area contributed by atoms with Crippen molar-refractivity contribution in [1.82, 2.24) is 15.0 Å². The lowest BCUT2D eigenvalue weighted by Crippen LogP contribution is -2.69. The topological polar surface area (TPSA) is 968 Å². The molecule has 4 unspecified atom stereocenters. The molecule has 1 aromatic rings. The number of ether oxygens (including phenoxy) is 8. The van der Waals surface area contributed by atoms with Gasteiger partial charge in [-0.05, 0) is 110 Å². The second-order valence-corrected chi connectivity index (χ2v) is 44.9. The summed E-state index contributed by atoms with van der Waals surface area (Å²) in [5.41, 5.74) is -0.245. The second-order valence-electron chi connectivity index (χ2n) is 31.6. The lowest BCUT2D eigenvalue weighted by atomic mass is 9.44. The summed E-state index contributed by atoms with van der Waals surface area (Å²) in [6.07, 6.45) is -63.3. The van der Waals surface area contributed by atoms with E-state index in [-0.39, 0.29) is 27.1 Å². The van der Waals surface area contributed by atoms with Crippen molar-refractivity contribution >= 4 is 135 Å². The molecule has 1 aromatic heterocycles. The van der Waals surface area contributed by atoms with Gasteiger partial charge in [0.15, 0.2) is 49.5 Å². The summed E-state index contributed by atoms with van der Waals surface area (Å²) in [6.45, 7) is 1.32. The van der Waals surface area contributed by atoms with Crippen molar-refractivity contribution in [3.8, 4) is 0 Å². The van der Waals surface area contributed by atoms with E-state index in [2.05, 4.69) is 99.3 Å². The van der Waals surface area contributed by atoms with Crippen molar-refractivity contribution in [3.63, 3.8) is 0 Å². The van der Waals surface area contributed by atoms with Crippen molar-refractivity contribution in [2.75, 3.05) is 26.4 Å². The molecular formula is C54H78N3O60S13-13. The van der Waals surface area contributed by atoms with Crippen molar-refractivity contribution in [3.05, 3.63) is 11.9 Å². The molecule has 0 radical (unpaired) electrons. The molecule has 29 atom stereocenters. The van der Waals surface area contributed by atoms with Crippen molar-refractivity contribution in [1.29, 1.82) is 0 Å². The fourth-order valence-corrected chi connectivity index (χ4v) is 24.0. The van der Waals surface area contributed by atoms with Gasteiger partial charge in [-0.2, -0.15) is 0 Å². The highest BCUT2D eigenvalue weighted by molar-refractivity contribution is 7.83. The van der Waals surface area contributed by atoms with Crippen LogP contribution in [0.5, 0.6) is 0 Å². The monoisotopic (exact) mass is 2140 g/mol. The van der Waals surface area contributed by atoms with Gasteiger partial charge in [-0.1, -0.05) is 59.1 Å². The predicted molar refractivity (Wildman–Crippen MR) is 380 cm³/mol. The molecule has 8 aliphatic rings. The first-order valence-electron chi connectivity index (χ1n) is 37.2. The van der Waals surface area contributed by atoms with Gasteiger partial charge in [-0.15, -0.1) is 5.10 Å². The van der Waals surface area contributed by atoms with Gasteiger partial charge in [0.25, 0.3) is 0 Å². The smallest absolute Gasteiger partial charge is 0.218 e. The van der Waals surface area contributed by atoms with Crippen LogP contribution in [0.4, 0.5) is 0 Å². The number of hydrogen-bond acceptors (Lipinski definition) is 62. The van der Waals surface area contributed by atoms with Crippen LogP contribution in [-0.4, -0.2) is 333 Å². The van der Waals surface area contributed by atoms with Gasteiger partial charge in [0.05, 0.1) is 45.3 Å². The highest BCUT2D eigenvalue weighted by atomic mass is 32.3. The predicted octanol–water partition coefficient (Wildman–Crippen LogP) is -7.97. The molecule has 5 heterocycles. The summed E-state index contributed by atoms with van der Waals surface area (Å²) in [5.74, 6) is 3.23. The standard InChI is InChI=1S/C54H91N3O60S13/c1-24(2)7-6-8-25(3)30-11-12-31-29-10-9-26-17-28(13-15-53(26,4)32(29)14-16-54(30,31)5)97-19-27-18-57(56-55-27)49-45(114-127(85,86)87)41(110-123(73,74)75)37(33(102-49)20-98-118(58,59)60)106-50-46(115-128(88,89)90)42(111-124(76,77)78)38(34(103-50)21-99-119(61,62)63)107-51-47(116-129(91,92)93)43(112-125(79,80)81)39(35(104-51)22-100-120(64,65)66)108-52-48(117-130(94,95)96)44(113-126(82,83)84)40(109-122(70,71)72)36(105-52)23-101-121(67,68)69/h18,24-26,28-52H,6-17,19-23H2,1-5H3,(H,58,59,60)(H,61,62,63)(H,64,65,66)(H,67,68,69)(H,70,71,72)(H,73,74,75)(H,76,77,78)(H,79,80,81)(H,82,83,84)(H,85,86,87)(H,88,89,90)(H,91,92,93)(H,94,95,96)/p-13/t25-,26?,28+,29?,30-,31?,32?,33-,34-,35-,36-,37-,38-,39-,40-,41+,42+,43+,44+,45-,46-,47-,48-,49-,50-,51-,52-,53+,54-/m1/s1. The molecule has 76 heteroatoms. The Labute approximate surface area is 743 Å². The molecule has 9 rings (SSSR count). The van der Waals surface area contributed by atoms with Gasteiger partial charge in [-0.3, -0.25) is 54.4 Å². The van der Waals surface area contributed by atoms with Gasteiger partial charge in [0, 0.05) is 0 Å². The third-order valence-electron chi connectivity index (χ3n) is 22.9. The van der Waals surface area contributed by atoms with Crippen LogP contribution < -0.4 is 0 Å². The van der Waals surface area contributed by atoms with E-state index in [0.717, 1.165) is 64.0 Å². The van der Waals surface area contributed by atoms with Crippen LogP contribution >= 0.6 is 0 Å². The largest absolute Gasteiger partial charge is 0.726 e. The highest BCUT2D eigenvalue weighted by Gasteiger charge is 2.64. The average molecular weight is 2150 g/mol. The van der Waals surface area contributed by atoms with Gasteiger partial charge in [-0.25, -0.2) is 114 Å². The molecule has 0 spiro atoms. The minimum absolute atomic E-state index is 0.115. The van der Waals surface area contributed by atoms with Gasteiger partial charge < -0.3 is 97.1 Å². The highest BCUT2D eigenvalue weighted by Crippen LogP contribution is 2.69. The van der Waals surface area contributed by atoms with Crippen LogP contribution in [0, 0.1) is 52.3 Å². The normalized spacial score (nSPS) is 36.0. The molecule has 0 aromatic carbocycles. The van der Waals surface area contributed by atoms with E-state index in [0.29, 0.717) is 54.8 Å². The SMILES string of the molecule is CC(C)CCC[C@@H](C)[C@H]1CCC2C3CCC4C[C@@H](OCc5cn([C@@H]6O[C@H](COS(=O)(=O)[O-])[C@@H](O[C@H]7O[C@H](COS(=O)(=O)[O-])[C@@H](O[C@H]8O[C@H](COS(=O)(=O)[O-])[C@@H](O[C@H]9O[C@H](COS(=O)(=O)[O-])[C@@H](OS(=O)(=O)[O-])[C@H](OS(=O)(=O)[O-])[C@H]9OS(=O)(=O)[O-])[C@H](OS(=O)(=O)[O-])[C@H]8OS(=O)(=O)[O-])[C@H](OS(=O)(=O)[O-])[C@H]7OS(=O)(=O)[O-])[C@H](OS(=O)(=O)[O-])[C@H]6OS(=O)(=O)[O-])nn5)CC[C@]4(C)C3CC[C@@]21C. The summed E-state index contributed by atoms with van der Waals surface area (Å²) >= 11 is 0. The van der Waals surface area contributed by atoms with E-state index >= 15 is 0 Å². The maximum Gasteiger partial charge on any atom is 0.218 e. The van der Waals surface area contributed by atoms with Gasteiger partial charge in [0.2, 0.25) is 135 Å². The van der Waals surface area contributed by atoms with E-state index in [4.69, 9.17) is 37.9 Å². The van der Waals surface area contributed by atoms with E-state index in [1.54, 1.807) is 0 Å². The first-order chi connectivity index (χ1) is 58.9. The average Bonchev–Trinajstić information content (AvgIpc) is 1.52. The van der Waals surface area contributed by atoms with Gasteiger partial charge in [0.1, 0.15) is 78.9 Å². The molecule has 4 aliphatic heterocycles. The minimum atomic E-state index is -7.14. The number of fused-ring (bicyclic) bond motifs is 5. The van der Waals surface area contributed by atoms with E-state index < -0.39 is 297 Å². The zero-order valence-electron chi connectivity index (χ0n) is 66.4. The Balaban J connectivity index is 1.11. The summed E-state index contributed by atoms with van der Waals surface area (Å²) in [7, 11) is -88.2. The Morgan fingerprint density at radius 3 is 1.08 bits per heavy atom. The molecule has 4 saturated heterocycles. The molecule has 0 N–H and O–H groups in total. The molecule has 63 nitrogen and oxygen atoms in total. The minimum Gasteiger partial charge on any atom is -0.726 e. The van der Waals surface area contributed by atoms with Crippen molar-refractivity contribution in [2.45, 2.75) is 247 Å². The third kappa shape index (κ3) is 32.3. The fourth-order valence-electron chi connectivity index (χ4n) is 18.5. The Morgan fingerprint density at radius 1 is 0.377 bits per heavy atom. The molecule has 130 heavy (non-hydrogen) atoms. The third-order valence-corrected chi connectivity index (χ3v) is 28.7. The molecule has 8 fully saturated rings. The first-order valence-corrected chi connectivity index (χ1v) is 54.5. The zero-order chi connectivity index (χ0) is 97.8. The maximum absolute atomic E-state index is 13.0. The Morgan fingerprint density at radius 2 is 0.708 bits per heavy atom. The zero-order valence-corrected chi connectivity index (χ0v) is 77.0. The van der Waals surface area contributed by atoms with E-state index in [1.165, 1.54) is 0 Å². The second kappa shape index (κ2) is 41.5. The van der Waals surface area contributed by atoms with Crippen LogP contribution in [0.3, 0.4) is 0 Å². The van der Waals surface area contributed by atoms with Crippen LogP contribution in [0.15, 0.2) is 6.20 Å². The van der Waals surface area contributed by atoms with Crippen molar-refractivity contribution in [2.24, 2.45) is 52.3 Å². The summed E-state index contributed by atoms with van der Waals surface area (Å²) < 4.78 is 585. The lowest BCUT2D eigenvalue weighted by molar-refractivity contribution is -0.376. The molecule has 4 aliphatic carbocycles. The quantitative estimate of drug-likeness (QED) is 0.0432. The van der Waals surface area contributed by atoms with Gasteiger partial charge >= 0.3 is 0 Å². The molecule has 0 bridgehead atoms. The Hall–Kier alpha value is -2.87. The summed E-state index contributed by atoms with van der Waals surface area (Å²) in [6, 6.07) is 0. The number of rotatable bonds is 45. The van der Waals surface area contributed by atoms with Crippen LogP contribution in [0.1, 0.15) is 124 Å². The number of hydrogen-bond donors (Lipinski definition) is 0. The number of nitrogens with zero attached hydrogens (tertiary/aromatic N) is 3. The lowest BCUT2D eigenvalue weighted by Gasteiger charge is -2.61. The Kier molecular flexibility index (Phi) is 35.4.